The second-order valence-corrected chi connectivity index (χ2v) is 12.3. The summed E-state index contributed by atoms with van der Waals surface area (Å²) in [4.78, 5) is 13.4. The molecule has 9 nitrogen and oxygen atoms in total. The van der Waals surface area contributed by atoms with Crippen molar-refractivity contribution in [1.29, 1.82) is 10.5 Å². The van der Waals surface area contributed by atoms with E-state index in [1.54, 1.807) is 12.1 Å². The summed E-state index contributed by atoms with van der Waals surface area (Å²) in [6.45, 7) is 9.84. The van der Waals surface area contributed by atoms with E-state index in [4.69, 9.17) is 9.90 Å². The summed E-state index contributed by atoms with van der Waals surface area (Å²) in [5, 5.41) is 26.4. The number of halogens is 3. The smallest absolute Gasteiger partial charge is 0.475 e. The summed E-state index contributed by atoms with van der Waals surface area (Å²) >= 11 is 0. The molecule has 0 radical (unpaired) electrons. The average Bonchev–Trinajstić information content (AvgIpc) is 2.92. The van der Waals surface area contributed by atoms with E-state index >= 15 is 0 Å². The Labute approximate surface area is 228 Å². The minimum Gasteiger partial charge on any atom is -0.475 e. The molecule has 0 bridgehead atoms. The molecule has 0 spiro atoms. The fourth-order valence-corrected chi connectivity index (χ4v) is 5.96. The molecule has 2 heterocycles. The third-order valence-electron chi connectivity index (χ3n) is 7.52. The molecule has 3 rings (SSSR count). The highest BCUT2D eigenvalue weighted by molar-refractivity contribution is 7.89. The quantitative estimate of drug-likeness (QED) is 0.495. The van der Waals surface area contributed by atoms with Crippen LogP contribution in [0.5, 0.6) is 0 Å². The number of likely N-dealkylation sites (tertiary alicyclic amines) is 1. The molecule has 2 fully saturated rings. The zero-order valence-corrected chi connectivity index (χ0v) is 23.3. The fraction of sp³-hybridized carbons (Fsp3) is 0.654. The van der Waals surface area contributed by atoms with Crippen molar-refractivity contribution in [2.24, 2.45) is 5.41 Å². The maximum Gasteiger partial charge on any atom is 0.490 e. The number of hydrogen-bond acceptors (Lipinski definition) is 7. The number of sulfonamides is 1. The maximum absolute atomic E-state index is 13.0. The highest BCUT2D eigenvalue weighted by Gasteiger charge is 2.38. The summed E-state index contributed by atoms with van der Waals surface area (Å²) in [5.41, 5.74) is 0.524. The van der Waals surface area contributed by atoms with Crippen LogP contribution in [0.1, 0.15) is 64.9 Å². The molecule has 13 heteroatoms. The van der Waals surface area contributed by atoms with Crippen LogP contribution in [0.4, 0.5) is 18.9 Å². The summed E-state index contributed by atoms with van der Waals surface area (Å²) in [5.74, 6) is -2.76. The highest BCUT2D eigenvalue weighted by atomic mass is 32.2. The van der Waals surface area contributed by atoms with Gasteiger partial charge in [-0.3, -0.25) is 4.90 Å². The van der Waals surface area contributed by atoms with Gasteiger partial charge in [-0.25, -0.2) is 17.9 Å². The SMILES string of the molecule is CCC1(C#N)CCN(c2ccc(S(=O)(=O)NCC(C)(C)N3CCCCC3)cc2C#N)CC1.O=C(O)C(F)(F)F. The number of nitriles is 2. The number of carbonyl (C=O) groups is 1. The molecule has 2 aliphatic rings. The molecule has 1 aromatic rings. The van der Waals surface area contributed by atoms with Crippen molar-refractivity contribution in [1.82, 2.24) is 9.62 Å². The van der Waals surface area contributed by atoms with Crippen LogP contribution < -0.4 is 9.62 Å². The predicted octanol–water partition coefficient (Wildman–Crippen LogP) is 4.25. The van der Waals surface area contributed by atoms with Crippen molar-refractivity contribution in [2.75, 3.05) is 37.6 Å². The average molecular weight is 572 g/mol. The number of alkyl halides is 3. The maximum atomic E-state index is 13.0. The van der Waals surface area contributed by atoms with Crippen molar-refractivity contribution >= 4 is 21.7 Å². The van der Waals surface area contributed by atoms with Gasteiger partial charge in [-0.15, -0.1) is 0 Å². The third-order valence-corrected chi connectivity index (χ3v) is 8.92. The van der Waals surface area contributed by atoms with Crippen LogP contribution in [-0.2, 0) is 14.8 Å². The number of piperidine rings is 2. The number of rotatable bonds is 7. The molecule has 0 amide bonds. The van der Waals surface area contributed by atoms with Crippen LogP contribution in [0.25, 0.3) is 0 Å². The van der Waals surface area contributed by atoms with Crippen LogP contribution in [0.15, 0.2) is 23.1 Å². The lowest BCUT2D eigenvalue weighted by Crippen LogP contribution is -2.53. The van der Waals surface area contributed by atoms with E-state index < -0.39 is 22.2 Å². The summed E-state index contributed by atoms with van der Waals surface area (Å²) in [7, 11) is -3.73. The van der Waals surface area contributed by atoms with Gasteiger partial charge < -0.3 is 10.0 Å². The topological polar surface area (TPSA) is 138 Å². The number of aliphatic carboxylic acids is 1. The molecule has 0 aromatic heterocycles. The first-order chi connectivity index (χ1) is 18.1. The minimum absolute atomic E-state index is 0.115. The van der Waals surface area contributed by atoms with Gasteiger partial charge in [0.15, 0.2) is 0 Å². The standard InChI is InChI=1S/C24H35N5O2S.C2HF3O2/c1-4-24(18-26)10-14-28(15-11-24)22-9-8-21(16-20(22)17-25)32(30,31)27-19-23(2,3)29-12-6-5-7-13-29;3-2(4,5)1(6)7/h8-9,16,27H,4-7,10-15,19H2,1-3H3;(H,6,7). The molecular formula is C26H36F3N5O4S. The molecule has 0 saturated carbocycles. The highest BCUT2D eigenvalue weighted by Crippen LogP contribution is 2.37. The number of hydrogen-bond donors (Lipinski definition) is 2. The number of anilines is 1. The van der Waals surface area contributed by atoms with Crippen molar-refractivity contribution in [3.8, 4) is 12.1 Å². The van der Waals surface area contributed by atoms with Crippen LogP contribution >= 0.6 is 0 Å². The predicted molar refractivity (Wildman–Crippen MR) is 139 cm³/mol. The Morgan fingerprint density at radius 1 is 1.10 bits per heavy atom. The van der Waals surface area contributed by atoms with Gasteiger partial charge in [0.1, 0.15) is 6.07 Å². The lowest BCUT2D eigenvalue weighted by atomic mass is 9.77. The molecule has 0 unspecified atom stereocenters. The molecule has 2 aliphatic heterocycles. The van der Waals surface area contributed by atoms with Crippen LogP contribution in [0, 0.1) is 28.1 Å². The Morgan fingerprint density at radius 3 is 2.13 bits per heavy atom. The number of carboxylic acid groups (broad SMARTS) is 1. The van der Waals surface area contributed by atoms with Gasteiger partial charge >= 0.3 is 12.1 Å². The lowest BCUT2D eigenvalue weighted by Gasteiger charge is -2.41. The van der Waals surface area contributed by atoms with E-state index in [9.17, 15) is 32.1 Å². The van der Waals surface area contributed by atoms with Crippen molar-refractivity contribution in [3.05, 3.63) is 23.8 Å². The van der Waals surface area contributed by atoms with Crippen LogP contribution in [0.3, 0.4) is 0 Å². The van der Waals surface area contributed by atoms with Gasteiger partial charge in [0.2, 0.25) is 10.0 Å². The van der Waals surface area contributed by atoms with Gasteiger partial charge in [0.25, 0.3) is 0 Å². The van der Waals surface area contributed by atoms with E-state index in [0.29, 0.717) is 25.2 Å². The monoisotopic (exact) mass is 571 g/mol. The molecule has 0 atom stereocenters. The summed E-state index contributed by atoms with van der Waals surface area (Å²) in [6.07, 6.45) is 0.755. The second kappa shape index (κ2) is 13.0. The number of nitrogens with zero attached hydrogens (tertiary/aromatic N) is 4. The van der Waals surface area contributed by atoms with E-state index in [0.717, 1.165) is 50.9 Å². The van der Waals surface area contributed by atoms with E-state index in [1.165, 1.54) is 12.5 Å². The van der Waals surface area contributed by atoms with Gasteiger partial charge in [0, 0.05) is 25.2 Å². The Balaban J connectivity index is 0.000000673. The molecule has 2 saturated heterocycles. The number of nitrogens with one attached hydrogen (secondary N) is 1. The van der Waals surface area contributed by atoms with Gasteiger partial charge in [-0.2, -0.15) is 23.7 Å². The Bertz CT molecular complexity index is 1190. The zero-order chi connectivity index (χ0) is 29.5. The van der Waals surface area contributed by atoms with E-state index in [-0.39, 0.29) is 15.8 Å². The van der Waals surface area contributed by atoms with Gasteiger partial charge in [-0.05, 0) is 77.2 Å². The van der Waals surface area contributed by atoms with Gasteiger partial charge in [0.05, 0.1) is 27.6 Å². The molecule has 1 aromatic carbocycles. The molecule has 216 valence electrons. The molecule has 39 heavy (non-hydrogen) atoms. The Morgan fingerprint density at radius 2 is 1.67 bits per heavy atom. The molecule has 2 N–H and O–H groups in total. The van der Waals surface area contributed by atoms with Gasteiger partial charge in [-0.1, -0.05) is 13.3 Å². The second-order valence-electron chi connectivity index (χ2n) is 10.5. The first kappa shape index (κ1) is 32.3. The Kier molecular flexibility index (Phi) is 10.8. The zero-order valence-electron chi connectivity index (χ0n) is 22.5. The van der Waals surface area contributed by atoms with Crippen molar-refractivity contribution in [2.45, 2.75) is 75.9 Å². The van der Waals surface area contributed by atoms with Crippen molar-refractivity contribution in [3.63, 3.8) is 0 Å². The number of carboxylic acids is 1. The van der Waals surface area contributed by atoms with E-state index in [2.05, 4.69) is 40.5 Å². The van der Waals surface area contributed by atoms with Crippen LogP contribution in [-0.4, -0.2) is 68.8 Å². The molecule has 0 aliphatic carbocycles. The fourth-order valence-electron chi connectivity index (χ4n) is 4.73. The normalized spacial score (nSPS) is 18.3. The first-order valence-corrected chi connectivity index (χ1v) is 14.3. The van der Waals surface area contributed by atoms with E-state index in [1.807, 2.05) is 6.92 Å². The lowest BCUT2D eigenvalue weighted by molar-refractivity contribution is -0.192. The molecular weight excluding hydrogens is 535 g/mol. The third kappa shape index (κ3) is 8.56. The summed E-state index contributed by atoms with van der Waals surface area (Å²) < 4.78 is 60.5. The van der Waals surface area contributed by atoms with Crippen molar-refractivity contribution < 1.29 is 31.5 Å². The Hall–Kier alpha value is -2.87. The van der Waals surface area contributed by atoms with Crippen LogP contribution in [0.2, 0.25) is 0 Å². The largest absolute Gasteiger partial charge is 0.490 e. The first-order valence-electron chi connectivity index (χ1n) is 12.9. The minimum atomic E-state index is -5.08. The summed E-state index contributed by atoms with van der Waals surface area (Å²) in [6, 6.07) is 9.42. The number of benzene rings is 1.